The fraction of sp³-hybridized carbons (Fsp3) is 0.316. The van der Waals surface area contributed by atoms with E-state index in [4.69, 9.17) is 4.74 Å². The van der Waals surface area contributed by atoms with Crippen LogP contribution in [0.1, 0.15) is 26.3 Å². The molecule has 0 aliphatic carbocycles. The minimum absolute atomic E-state index is 0.155. The Morgan fingerprint density at radius 1 is 1.28 bits per heavy atom. The highest BCUT2D eigenvalue weighted by Crippen LogP contribution is 2.24. The fourth-order valence-electron chi connectivity index (χ4n) is 2.75. The van der Waals surface area contributed by atoms with Crippen molar-refractivity contribution in [1.29, 1.82) is 0 Å². The molecular formula is C19H22N4O2. The molecule has 0 spiro atoms. The van der Waals surface area contributed by atoms with E-state index in [-0.39, 0.29) is 24.5 Å². The first kappa shape index (κ1) is 17.0. The van der Waals surface area contributed by atoms with Crippen LogP contribution in [0, 0.1) is 5.92 Å². The lowest BCUT2D eigenvalue weighted by atomic mass is 9.94. The molecule has 0 saturated carbocycles. The molecular weight excluding hydrogens is 316 g/mol. The lowest BCUT2D eigenvalue weighted by Gasteiger charge is -2.27. The molecule has 1 unspecified atom stereocenters. The van der Waals surface area contributed by atoms with E-state index in [0.29, 0.717) is 11.5 Å². The highest BCUT2D eigenvalue weighted by molar-refractivity contribution is 5.95. The number of hydrogen-bond donors (Lipinski definition) is 1. The second-order valence-corrected chi connectivity index (χ2v) is 6.32. The smallest absolute Gasteiger partial charge is 0.338 e. The van der Waals surface area contributed by atoms with Crippen LogP contribution in [-0.2, 0) is 16.1 Å². The summed E-state index contributed by atoms with van der Waals surface area (Å²) < 4.78 is 7.17. The van der Waals surface area contributed by atoms with Crippen LogP contribution >= 0.6 is 0 Å². The topological polar surface area (TPSA) is 68.5 Å². The molecule has 0 bridgehead atoms. The zero-order chi connectivity index (χ0) is 17.8. The lowest BCUT2D eigenvalue weighted by Crippen LogP contribution is -2.40. The number of allylic oxidation sites excluding steroid dienone is 1. The van der Waals surface area contributed by atoms with Gasteiger partial charge in [0.1, 0.15) is 6.61 Å². The number of carbonyl (C=O) groups excluding carboxylic acids is 1. The highest BCUT2D eigenvalue weighted by atomic mass is 16.5. The molecule has 0 fully saturated rings. The molecule has 1 atom stereocenters. The van der Waals surface area contributed by atoms with Gasteiger partial charge in [0, 0.05) is 18.1 Å². The van der Waals surface area contributed by atoms with Crippen LogP contribution in [0.2, 0.25) is 0 Å². The zero-order valence-corrected chi connectivity index (χ0v) is 14.6. The standard InChI is InChI=1S/C19H22N4O2/c1-13(2)17-16(18(24)25-12-15-8-5-4-6-9-15)14(3)21-19(22-17)23-11-7-10-20-23/h4-11,13,17H,12H2,1-3H3,(H,21,22). The normalized spacial score (nSPS) is 17.3. The third-order valence-corrected chi connectivity index (χ3v) is 4.05. The first-order chi connectivity index (χ1) is 12.1. The quantitative estimate of drug-likeness (QED) is 0.871. The largest absolute Gasteiger partial charge is 0.457 e. The van der Waals surface area contributed by atoms with Gasteiger partial charge in [-0.05, 0) is 24.5 Å². The van der Waals surface area contributed by atoms with Crippen molar-refractivity contribution in [3.8, 4) is 0 Å². The van der Waals surface area contributed by atoms with Crippen LogP contribution in [-0.4, -0.2) is 27.8 Å². The molecule has 6 heteroatoms. The van der Waals surface area contributed by atoms with E-state index in [2.05, 4.69) is 15.4 Å². The number of carbonyl (C=O) groups is 1. The van der Waals surface area contributed by atoms with Gasteiger partial charge in [-0.3, -0.25) is 0 Å². The number of aromatic nitrogens is 2. The highest BCUT2D eigenvalue weighted by Gasteiger charge is 2.31. The minimum atomic E-state index is -0.337. The maximum Gasteiger partial charge on any atom is 0.338 e. The van der Waals surface area contributed by atoms with Crippen LogP contribution in [0.15, 0.2) is 65.1 Å². The van der Waals surface area contributed by atoms with Crippen molar-refractivity contribution in [3.63, 3.8) is 0 Å². The number of ether oxygens (including phenoxy) is 1. The molecule has 1 aromatic heterocycles. The van der Waals surface area contributed by atoms with Gasteiger partial charge in [-0.1, -0.05) is 44.2 Å². The molecule has 2 heterocycles. The van der Waals surface area contributed by atoms with Crippen LogP contribution in [0.3, 0.4) is 0 Å². The second kappa shape index (κ2) is 7.34. The summed E-state index contributed by atoms with van der Waals surface area (Å²) in [4.78, 5) is 17.4. The number of nitrogens with zero attached hydrogens (tertiary/aromatic N) is 3. The number of benzene rings is 1. The number of aliphatic imine (C=N–C) groups is 1. The van der Waals surface area contributed by atoms with E-state index >= 15 is 0 Å². The Morgan fingerprint density at radius 3 is 2.68 bits per heavy atom. The Bertz CT molecular complexity index is 792. The zero-order valence-electron chi connectivity index (χ0n) is 14.6. The summed E-state index contributed by atoms with van der Waals surface area (Å²) in [5, 5.41) is 7.36. The molecule has 3 rings (SSSR count). The van der Waals surface area contributed by atoms with Crippen molar-refractivity contribution in [2.45, 2.75) is 33.4 Å². The van der Waals surface area contributed by atoms with Gasteiger partial charge < -0.3 is 10.1 Å². The first-order valence-corrected chi connectivity index (χ1v) is 8.33. The summed E-state index contributed by atoms with van der Waals surface area (Å²) in [5.41, 5.74) is 2.28. The Labute approximate surface area is 147 Å². The third-order valence-electron chi connectivity index (χ3n) is 4.05. The Kier molecular flexibility index (Phi) is 4.97. The molecule has 1 N–H and O–H groups in total. The fourth-order valence-corrected chi connectivity index (χ4v) is 2.75. The summed E-state index contributed by atoms with van der Waals surface area (Å²) in [5.74, 6) is 0.429. The number of esters is 1. The molecule has 0 saturated heterocycles. The molecule has 1 aromatic carbocycles. The predicted octanol–water partition coefficient (Wildman–Crippen LogP) is 2.73. The van der Waals surface area contributed by atoms with Crippen molar-refractivity contribution in [3.05, 3.63) is 65.6 Å². The van der Waals surface area contributed by atoms with E-state index in [1.54, 1.807) is 10.9 Å². The molecule has 25 heavy (non-hydrogen) atoms. The summed E-state index contributed by atoms with van der Waals surface area (Å²) >= 11 is 0. The summed E-state index contributed by atoms with van der Waals surface area (Å²) in [6.07, 6.45) is 3.51. The van der Waals surface area contributed by atoms with Crippen molar-refractivity contribution in [2.75, 3.05) is 0 Å². The molecule has 1 aliphatic heterocycles. The Morgan fingerprint density at radius 2 is 2.04 bits per heavy atom. The summed E-state index contributed by atoms with van der Waals surface area (Å²) in [6, 6.07) is 11.2. The predicted molar refractivity (Wildman–Crippen MR) is 95.8 cm³/mol. The van der Waals surface area contributed by atoms with Gasteiger partial charge in [-0.25, -0.2) is 14.5 Å². The van der Waals surface area contributed by atoms with Crippen LogP contribution in [0.25, 0.3) is 0 Å². The number of rotatable bonds is 4. The maximum absolute atomic E-state index is 12.7. The molecule has 0 amide bonds. The van der Waals surface area contributed by atoms with Crippen molar-refractivity contribution >= 4 is 11.9 Å². The van der Waals surface area contributed by atoms with Gasteiger partial charge in [-0.15, -0.1) is 0 Å². The van der Waals surface area contributed by atoms with Crippen molar-refractivity contribution in [2.24, 2.45) is 10.9 Å². The van der Waals surface area contributed by atoms with Gasteiger partial charge >= 0.3 is 5.97 Å². The van der Waals surface area contributed by atoms with Crippen molar-refractivity contribution in [1.82, 2.24) is 15.1 Å². The maximum atomic E-state index is 12.7. The van der Waals surface area contributed by atoms with Gasteiger partial charge in [0.15, 0.2) is 0 Å². The van der Waals surface area contributed by atoms with Crippen LogP contribution in [0.4, 0.5) is 0 Å². The average Bonchev–Trinajstić information content (AvgIpc) is 3.14. The SMILES string of the molecule is CC1=C(C(=O)OCc2ccccc2)C(C(C)C)N=C(n2cccn2)N1. The number of nitrogens with one attached hydrogen (secondary N) is 1. The lowest BCUT2D eigenvalue weighted by molar-refractivity contribution is -0.140. The number of hydrogen-bond acceptors (Lipinski definition) is 5. The van der Waals surface area contributed by atoms with E-state index in [0.717, 1.165) is 11.3 Å². The molecule has 0 radical (unpaired) electrons. The Balaban J connectivity index is 1.79. The average molecular weight is 338 g/mol. The van der Waals surface area contributed by atoms with Gasteiger partial charge in [-0.2, -0.15) is 5.10 Å². The molecule has 2 aromatic rings. The molecule has 6 nitrogen and oxygen atoms in total. The van der Waals surface area contributed by atoms with Gasteiger partial charge in [0.2, 0.25) is 5.96 Å². The van der Waals surface area contributed by atoms with Gasteiger partial charge in [0.25, 0.3) is 0 Å². The van der Waals surface area contributed by atoms with Crippen molar-refractivity contribution < 1.29 is 9.53 Å². The summed E-state index contributed by atoms with van der Waals surface area (Å²) in [7, 11) is 0. The Hall–Kier alpha value is -2.89. The van der Waals surface area contributed by atoms with E-state index in [1.807, 2.05) is 63.4 Å². The molecule has 130 valence electrons. The van der Waals surface area contributed by atoms with Crippen LogP contribution in [0.5, 0.6) is 0 Å². The van der Waals surface area contributed by atoms with Crippen LogP contribution < -0.4 is 5.32 Å². The first-order valence-electron chi connectivity index (χ1n) is 8.33. The van der Waals surface area contributed by atoms with E-state index in [1.165, 1.54) is 0 Å². The minimum Gasteiger partial charge on any atom is -0.457 e. The molecule has 1 aliphatic rings. The second-order valence-electron chi connectivity index (χ2n) is 6.32. The monoisotopic (exact) mass is 338 g/mol. The summed E-state index contributed by atoms with van der Waals surface area (Å²) in [6.45, 7) is 6.19. The van der Waals surface area contributed by atoms with E-state index in [9.17, 15) is 4.79 Å². The van der Waals surface area contributed by atoms with E-state index < -0.39 is 0 Å². The van der Waals surface area contributed by atoms with Gasteiger partial charge in [0.05, 0.1) is 11.6 Å². The third kappa shape index (κ3) is 3.79.